The number of fused-ring (bicyclic) bond motifs is 2. The fraction of sp³-hybridized carbons (Fsp3) is 0.368. The summed E-state index contributed by atoms with van der Waals surface area (Å²) in [5, 5.41) is 5.21. The first kappa shape index (κ1) is 19.7. The second kappa shape index (κ2) is 8.05. The van der Waals surface area contributed by atoms with Gasteiger partial charge in [-0.25, -0.2) is 4.98 Å². The lowest BCUT2D eigenvalue weighted by Crippen LogP contribution is -2.31. The van der Waals surface area contributed by atoms with Crippen LogP contribution in [0.3, 0.4) is 0 Å². The highest BCUT2D eigenvalue weighted by molar-refractivity contribution is 7.17. The number of likely N-dealkylation sites (N-methyl/N-ethyl adjacent to an activating group) is 1. The van der Waals surface area contributed by atoms with Gasteiger partial charge in [0.15, 0.2) is 0 Å². The summed E-state index contributed by atoms with van der Waals surface area (Å²) in [4.78, 5) is 46.7. The summed E-state index contributed by atoms with van der Waals surface area (Å²) < 4.78 is 0.592. The van der Waals surface area contributed by atoms with Gasteiger partial charge in [-0.3, -0.25) is 19.3 Å². The van der Waals surface area contributed by atoms with Gasteiger partial charge >= 0.3 is 0 Å². The van der Waals surface area contributed by atoms with Gasteiger partial charge in [-0.2, -0.15) is 0 Å². The fourth-order valence-corrected chi connectivity index (χ4v) is 5.67. The van der Waals surface area contributed by atoms with Crippen molar-refractivity contribution >= 4 is 49.7 Å². The second-order valence-electron chi connectivity index (χ2n) is 7.15. The summed E-state index contributed by atoms with van der Waals surface area (Å²) in [6, 6.07) is 1.80. The number of rotatable bonds is 6. The molecule has 0 aliphatic heterocycles. The Morgan fingerprint density at radius 3 is 2.93 bits per heavy atom. The van der Waals surface area contributed by atoms with Crippen molar-refractivity contribution in [2.24, 2.45) is 5.73 Å². The summed E-state index contributed by atoms with van der Waals surface area (Å²) >= 11 is 2.79. The third-order valence-electron chi connectivity index (χ3n) is 4.87. The fourth-order valence-electron chi connectivity index (χ4n) is 3.63. The number of nitrogens with two attached hydrogens (primary N) is 1. The number of nitrogens with one attached hydrogen (secondary N) is 2. The van der Waals surface area contributed by atoms with Crippen molar-refractivity contribution in [1.29, 1.82) is 0 Å². The number of hydrogen-bond donors (Lipinski definition) is 3. The molecule has 3 aromatic rings. The standard InChI is InChI=1S/C19H21N5O3S2/c1-24(8-13-21-11-6-7-28-16(11)18(27)22-13)9-14(25)23-19-15(17(20)26)10-4-2-3-5-12(10)29-19/h6-7H,2-5,8-9H2,1H3,(H2,20,26)(H,23,25)(H,21,22,27). The Bertz CT molecular complexity index is 1150. The number of aromatic amines is 1. The molecule has 10 heteroatoms. The number of amides is 2. The van der Waals surface area contributed by atoms with E-state index in [4.69, 9.17) is 5.73 Å². The van der Waals surface area contributed by atoms with Crippen LogP contribution in [0.1, 0.15) is 39.5 Å². The average Bonchev–Trinajstić information content (AvgIpc) is 3.25. The van der Waals surface area contributed by atoms with Gasteiger partial charge in [0, 0.05) is 4.88 Å². The minimum absolute atomic E-state index is 0.0894. The smallest absolute Gasteiger partial charge is 0.268 e. The zero-order valence-electron chi connectivity index (χ0n) is 15.9. The van der Waals surface area contributed by atoms with Crippen LogP contribution in [0.2, 0.25) is 0 Å². The molecule has 8 nitrogen and oxygen atoms in total. The Balaban J connectivity index is 1.45. The Morgan fingerprint density at radius 1 is 1.34 bits per heavy atom. The Kier molecular flexibility index (Phi) is 5.48. The van der Waals surface area contributed by atoms with Gasteiger partial charge in [0.05, 0.1) is 24.2 Å². The van der Waals surface area contributed by atoms with Crippen molar-refractivity contribution in [2.45, 2.75) is 32.2 Å². The Labute approximate surface area is 174 Å². The summed E-state index contributed by atoms with van der Waals surface area (Å²) in [5.41, 5.74) is 7.50. The maximum atomic E-state index is 12.5. The third-order valence-corrected chi connectivity index (χ3v) is 6.98. The number of anilines is 1. The van der Waals surface area contributed by atoms with E-state index in [0.717, 1.165) is 36.1 Å². The maximum absolute atomic E-state index is 12.5. The molecule has 4 rings (SSSR count). The molecule has 1 aliphatic carbocycles. The maximum Gasteiger partial charge on any atom is 0.268 e. The largest absolute Gasteiger partial charge is 0.365 e. The molecular formula is C19H21N5O3S2. The number of H-pyrrole nitrogens is 1. The van der Waals surface area contributed by atoms with E-state index < -0.39 is 5.91 Å². The summed E-state index contributed by atoms with van der Waals surface area (Å²) in [6.45, 7) is 0.407. The number of aryl methyl sites for hydroxylation is 1. The van der Waals surface area contributed by atoms with Crippen molar-refractivity contribution in [3.8, 4) is 0 Å². The van der Waals surface area contributed by atoms with Crippen molar-refractivity contribution in [3.05, 3.63) is 43.6 Å². The van der Waals surface area contributed by atoms with E-state index in [1.165, 1.54) is 22.7 Å². The van der Waals surface area contributed by atoms with Crippen molar-refractivity contribution in [1.82, 2.24) is 14.9 Å². The van der Waals surface area contributed by atoms with Crippen molar-refractivity contribution in [3.63, 3.8) is 0 Å². The van der Waals surface area contributed by atoms with E-state index in [2.05, 4.69) is 15.3 Å². The molecule has 3 aromatic heterocycles. The molecule has 0 saturated heterocycles. The first-order chi connectivity index (χ1) is 13.9. The van der Waals surface area contributed by atoms with Crippen LogP contribution >= 0.6 is 22.7 Å². The molecule has 0 fully saturated rings. The number of carbonyl (C=O) groups excluding carboxylic acids is 2. The monoisotopic (exact) mass is 431 g/mol. The Morgan fingerprint density at radius 2 is 2.14 bits per heavy atom. The highest BCUT2D eigenvalue weighted by Gasteiger charge is 2.25. The van der Waals surface area contributed by atoms with Gasteiger partial charge < -0.3 is 16.0 Å². The van der Waals surface area contributed by atoms with Gasteiger partial charge in [-0.05, 0) is 49.7 Å². The van der Waals surface area contributed by atoms with Crippen LogP contribution in [0.4, 0.5) is 5.00 Å². The first-order valence-electron chi connectivity index (χ1n) is 9.31. The van der Waals surface area contributed by atoms with Crippen molar-refractivity contribution < 1.29 is 9.59 Å². The number of carbonyl (C=O) groups is 2. The summed E-state index contributed by atoms with van der Waals surface area (Å²) in [7, 11) is 1.77. The van der Waals surface area contributed by atoms with E-state index in [0.29, 0.717) is 33.2 Å². The number of primary amides is 1. The van der Waals surface area contributed by atoms with E-state index in [1.807, 2.05) is 5.38 Å². The SMILES string of the molecule is CN(CC(=O)Nc1sc2c(c1C(N)=O)CCCC2)Cc1nc2ccsc2c(=O)[nH]1. The quantitative estimate of drug-likeness (QED) is 0.552. The average molecular weight is 432 g/mol. The van der Waals surface area contributed by atoms with Gasteiger partial charge in [-0.15, -0.1) is 22.7 Å². The van der Waals surface area contributed by atoms with Crippen LogP contribution in [0.15, 0.2) is 16.2 Å². The highest BCUT2D eigenvalue weighted by atomic mass is 32.1. The predicted molar refractivity (Wildman–Crippen MR) is 115 cm³/mol. The second-order valence-corrected chi connectivity index (χ2v) is 9.17. The van der Waals surface area contributed by atoms with E-state index in [1.54, 1.807) is 18.0 Å². The predicted octanol–water partition coefficient (Wildman–Crippen LogP) is 2.09. The van der Waals surface area contributed by atoms with Gasteiger partial charge in [0.2, 0.25) is 5.91 Å². The molecule has 1 aliphatic rings. The zero-order valence-corrected chi connectivity index (χ0v) is 17.5. The number of nitrogens with zero attached hydrogens (tertiary/aromatic N) is 2. The minimum atomic E-state index is -0.501. The van der Waals surface area contributed by atoms with E-state index in [-0.39, 0.29) is 18.0 Å². The molecular weight excluding hydrogens is 410 g/mol. The molecule has 0 bridgehead atoms. The molecule has 0 unspecified atom stereocenters. The molecule has 2 amide bonds. The Hall–Kier alpha value is -2.56. The molecule has 152 valence electrons. The molecule has 0 saturated carbocycles. The molecule has 0 spiro atoms. The van der Waals surface area contributed by atoms with Crippen LogP contribution in [-0.4, -0.2) is 40.3 Å². The van der Waals surface area contributed by atoms with Crippen LogP contribution < -0.4 is 16.6 Å². The van der Waals surface area contributed by atoms with E-state index >= 15 is 0 Å². The topological polar surface area (TPSA) is 121 Å². The molecule has 3 heterocycles. The zero-order chi connectivity index (χ0) is 20.5. The number of hydrogen-bond acceptors (Lipinski definition) is 7. The lowest BCUT2D eigenvalue weighted by atomic mass is 9.95. The number of thiophene rings is 2. The minimum Gasteiger partial charge on any atom is -0.365 e. The lowest BCUT2D eigenvalue weighted by Gasteiger charge is -2.15. The number of aromatic nitrogens is 2. The summed E-state index contributed by atoms with van der Waals surface area (Å²) in [6.07, 6.45) is 3.85. The van der Waals surface area contributed by atoms with E-state index in [9.17, 15) is 14.4 Å². The van der Waals surface area contributed by atoms with Crippen LogP contribution in [0.25, 0.3) is 10.2 Å². The van der Waals surface area contributed by atoms with Gasteiger partial charge in [0.1, 0.15) is 15.5 Å². The molecule has 29 heavy (non-hydrogen) atoms. The van der Waals surface area contributed by atoms with Crippen LogP contribution in [-0.2, 0) is 24.2 Å². The molecule has 0 aromatic carbocycles. The van der Waals surface area contributed by atoms with Crippen molar-refractivity contribution in [2.75, 3.05) is 18.9 Å². The van der Waals surface area contributed by atoms with Gasteiger partial charge in [-0.1, -0.05) is 0 Å². The van der Waals surface area contributed by atoms with Crippen LogP contribution in [0, 0.1) is 0 Å². The van der Waals surface area contributed by atoms with Crippen LogP contribution in [0.5, 0.6) is 0 Å². The molecule has 0 radical (unpaired) electrons. The summed E-state index contributed by atoms with van der Waals surface area (Å²) in [5.74, 6) is -0.243. The first-order valence-corrected chi connectivity index (χ1v) is 11.0. The normalized spacial score (nSPS) is 13.6. The lowest BCUT2D eigenvalue weighted by molar-refractivity contribution is -0.117. The van der Waals surface area contributed by atoms with Gasteiger partial charge in [0.25, 0.3) is 11.5 Å². The molecule has 4 N–H and O–H groups in total. The highest BCUT2D eigenvalue weighted by Crippen LogP contribution is 2.37. The third kappa shape index (κ3) is 4.09. The molecule has 0 atom stereocenters.